The Morgan fingerprint density at radius 2 is 1.63 bits per heavy atom. The van der Waals surface area contributed by atoms with E-state index in [4.69, 9.17) is 5.14 Å². The number of carbonyl (C=O) groups excluding carboxylic acids is 1. The zero-order chi connectivity index (χ0) is 22.6. The highest BCUT2D eigenvalue weighted by molar-refractivity contribution is 7.89. The van der Waals surface area contributed by atoms with E-state index in [1.54, 1.807) is 6.92 Å². The molecule has 6 nitrogen and oxygen atoms in total. The van der Waals surface area contributed by atoms with Gasteiger partial charge >= 0.3 is 0 Å². The summed E-state index contributed by atoms with van der Waals surface area (Å²) in [5.41, 5.74) is 5.43. The van der Waals surface area contributed by atoms with Crippen LogP contribution in [0.3, 0.4) is 0 Å². The van der Waals surface area contributed by atoms with Crippen LogP contribution in [-0.4, -0.2) is 26.9 Å². The zero-order valence-corrected chi connectivity index (χ0v) is 19.6. The predicted molar refractivity (Wildman–Crippen MR) is 124 cm³/mol. The number of hydrogen-bond acceptors (Lipinski definition) is 4. The molecular weight excluding hydrogens is 398 g/mol. The molecule has 0 spiro atoms. The lowest BCUT2D eigenvalue weighted by Gasteiger charge is -2.32. The SMILES string of the molecule is CCC(CC)N(CC(=O)Nc1cc(S(N)(=O)=O)cc(C)c1C)c1ccc(C)c(C)c1. The van der Waals surface area contributed by atoms with Crippen LogP contribution in [0.4, 0.5) is 11.4 Å². The van der Waals surface area contributed by atoms with Crippen LogP contribution in [0.2, 0.25) is 0 Å². The number of nitrogens with two attached hydrogens (primary N) is 1. The average Bonchev–Trinajstić information content (AvgIpc) is 2.66. The summed E-state index contributed by atoms with van der Waals surface area (Å²) in [7, 11) is -3.86. The highest BCUT2D eigenvalue weighted by Gasteiger charge is 2.21. The molecule has 0 aliphatic heterocycles. The molecule has 2 rings (SSSR count). The van der Waals surface area contributed by atoms with Crippen molar-refractivity contribution in [3.8, 4) is 0 Å². The summed E-state index contributed by atoms with van der Waals surface area (Å²) in [6.45, 7) is 12.2. The summed E-state index contributed by atoms with van der Waals surface area (Å²) >= 11 is 0. The lowest BCUT2D eigenvalue weighted by molar-refractivity contribution is -0.115. The first-order valence-electron chi connectivity index (χ1n) is 10.3. The number of benzene rings is 2. The predicted octanol–water partition coefficient (Wildman–Crippen LogP) is 4.20. The van der Waals surface area contributed by atoms with E-state index < -0.39 is 10.0 Å². The third-order valence-electron chi connectivity index (χ3n) is 5.76. The van der Waals surface area contributed by atoms with Gasteiger partial charge in [0.1, 0.15) is 0 Å². The maximum Gasteiger partial charge on any atom is 0.243 e. The van der Waals surface area contributed by atoms with E-state index in [0.29, 0.717) is 5.69 Å². The topological polar surface area (TPSA) is 92.5 Å². The average molecular weight is 432 g/mol. The van der Waals surface area contributed by atoms with Gasteiger partial charge in [-0.3, -0.25) is 4.79 Å². The number of rotatable bonds is 8. The third-order valence-corrected chi connectivity index (χ3v) is 6.66. The molecule has 7 heteroatoms. The molecule has 0 fully saturated rings. The number of nitrogens with one attached hydrogen (secondary N) is 1. The van der Waals surface area contributed by atoms with Gasteiger partial charge in [0.25, 0.3) is 0 Å². The second-order valence-electron chi connectivity index (χ2n) is 7.87. The van der Waals surface area contributed by atoms with Crippen LogP contribution in [0.5, 0.6) is 0 Å². The Kier molecular flexibility index (Phi) is 7.66. The second-order valence-corrected chi connectivity index (χ2v) is 9.43. The number of nitrogens with zero attached hydrogens (tertiary/aromatic N) is 1. The van der Waals surface area contributed by atoms with Gasteiger partial charge in [0.15, 0.2) is 0 Å². The van der Waals surface area contributed by atoms with E-state index in [1.807, 2.05) is 13.0 Å². The number of carbonyl (C=O) groups is 1. The van der Waals surface area contributed by atoms with Crippen molar-refractivity contribution in [2.75, 3.05) is 16.8 Å². The third kappa shape index (κ3) is 5.61. The van der Waals surface area contributed by atoms with Crippen molar-refractivity contribution < 1.29 is 13.2 Å². The zero-order valence-electron chi connectivity index (χ0n) is 18.7. The number of hydrogen-bond donors (Lipinski definition) is 2. The molecule has 164 valence electrons. The van der Waals surface area contributed by atoms with Gasteiger partial charge in [0, 0.05) is 17.4 Å². The Balaban J connectivity index is 2.34. The van der Waals surface area contributed by atoms with E-state index in [2.05, 4.69) is 50.0 Å². The quantitative estimate of drug-likeness (QED) is 0.655. The van der Waals surface area contributed by atoms with Crippen molar-refractivity contribution >= 4 is 27.3 Å². The van der Waals surface area contributed by atoms with Gasteiger partial charge in [0.05, 0.1) is 11.4 Å². The van der Waals surface area contributed by atoms with Crippen LogP contribution in [0.1, 0.15) is 48.9 Å². The maximum absolute atomic E-state index is 13.0. The van der Waals surface area contributed by atoms with E-state index in [-0.39, 0.29) is 23.4 Å². The van der Waals surface area contributed by atoms with Crippen molar-refractivity contribution in [2.24, 2.45) is 5.14 Å². The molecule has 0 heterocycles. The summed E-state index contributed by atoms with van der Waals surface area (Å²) in [5.74, 6) is -0.200. The van der Waals surface area contributed by atoms with Gasteiger partial charge in [-0.25, -0.2) is 13.6 Å². The molecule has 3 N–H and O–H groups in total. The molecule has 0 saturated carbocycles. The molecule has 0 aliphatic rings. The summed E-state index contributed by atoms with van der Waals surface area (Å²) in [4.78, 5) is 15.1. The van der Waals surface area contributed by atoms with E-state index in [0.717, 1.165) is 29.7 Å². The van der Waals surface area contributed by atoms with Gasteiger partial charge in [-0.15, -0.1) is 0 Å². The van der Waals surface area contributed by atoms with Crippen LogP contribution in [0.15, 0.2) is 35.2 Å². The first-order chi connectivity index (χ1) is 14.0. The summed E-state index contributed by atoms with van der Waals surface area (Å²) in [6.07, 6.45) is 1.82. The molecule has 0 aliphatic carbocycles. The van der Waals surface area contributed by atoms with Crippen molar-refractivity contribution in [3.63, 3.8) is 0 Å². The molecule has 0 unspecified atom stereocenters. The Morgan fingerprint density at radius 3 is 2.17 bits per heavy atom. The minimum atomic E-state index is -3.86. The summed E-state index contributed by atoms with van der Waals surface area (Å²) in [6, 6.07) is 9.39. The van der Waals surface area contributed by atoms with Crippen molar-refractivity contribution in [2.45, 2.75) is 65.3 Å². The lowest BCUT2D eigenvalue weighted by Crippen LogP contribution is -2.40. The van der Waals surface area contributed by atoms with Crippen molar-refractivity contribution in [3.05, 3.63) is 52.6 Å². The Bertz CT molecular complexity index is 1030. The number of sulfonamides is 1. The Labute approximate surface area is 180 Å². The fourth-order valence-electron chi connectivity index (χ4n) is 3.53. The molecule has 1 amide bonds. The van der Waals surface area contributed by atoms with E-state index in [9.17, 15) is 13.2 Å². The van der Waals surface area contributed by atoms with Crippen LogP contribution >= 0.6 is 0 Å². The van der Waals surface area contributed by atoms with Crippen LogP contribution in [0, 0.1) is 27.7 Å². The highest BCUT2D eigenvalue weighted by atomic mass is 32.2. The molecule has 2 aromatic carbocycles. The molecule has 0 radical (unpaired) electrons. The molecule has 0 bridgehead atoms. The standard InChI is InChI=1S/C23H33N3O3S/c1-7-19(8-2)26(20-10-9-15(3)16(4)11-20)14-23(27)25-22-13-21(30(24,28)29)12-17(5)18(22)6/h9-13,19H,7-8,14H2,1-6H3,(H,25,27)(H2,24,28,29). The monoisotopic (exact) mass is 431 g/mol. The minimum absolute atomic E-state index is 0.00749. The largest absolute Gasteiger partial charge is 0.359 e. The van der Waals surface area contributed by atoms with Crippen molar-refractivity contribution in [1.82, 2.24) is 0 Å². The normalized spacial score (nSPS) is 11.6. The first kappa shape index (κ1) is 23.9. The smallest absolute Gasteiger partial charge is 0.243 e. The van der Waals surface area contributed by atoms with Crippen molar-refractivity contribution in [1.29, 1.82) is 0 Å². The molecule has 0 atom stereocenters. The van der Waals surface area contributed by atoms with E-state index >= 15 is 0 Å². The Hall–Kier alpha value is -2.38. The number of amides is 1. The Morgan fingerprint density at radius 1 is 1.00 bits per heavy atom. The summed E-state index contributed by atoms with van der Waals surface area (Å²) in [5, 5.41) is 8.18. The van der Waals surface area contributed by atoms with Crippen LogP contribution in [0.25, 0.3) is 0 Å². The van der Waals surface area contributed by atoms with Crippen LogP contribution in [-0.2, 0) is 14.8 Å². The molecule has 30 heavy (non-hydrogen) atoms. The van der Waals surface area contributed by atoms with Gasteiger partial charge in [-0.1, -0.05) is 19.9 Å². The van der Waals surface area contributed by atoms with Gasteiger partial charge in [-0.05, 0) is 87.1 Å². The fraction of sp³-hybridized carbons (Fsp3) is 0.435. The molecule has 0 aromatic heterocycles. The van der Waals surface area contributed by atoms with Gasteiger partial charge in [-0.2, -0.15) is 0 Å². The van der Waals surface area contributed by atoms with Gasteiger partial charge < -0.3 is 10.2 Å². The first-order valence-corrected chi connectivity index (χ1v) is 11.8. The van der Waals surface area contributed by atoms with E-state index in [1.165, 1.54) is 23.3 Å². The number of aryl methyl sites for hydroxylation is 3. The number of anilines is 2. The summed E-state index contributed by atoms with van der Waals surface area (Å²) < 4.78 is 23.6. The fourth-order valence-corrected chi connectivity index (χ4v) is 4.15. The maximum atomic E-state index is 13.0. The number of primary sulfonamides is 1. The minimum Gasteiger partial charge on any atom is -0.359 e. The van der Waals surface area contributed by atoms with Crippen LogP contribution < -0.4 is 15.4 Å². The lowest BCUT2D eigenvalue weighted by atomic mass is 10.1. The molecule has 2 aromatic rings. The molecule has 0 saturated heterocycles. The molecular formula is C23H33N3O3S. The second kappa shape index (κ2) is 9.62. The highest BCUT2D eigenvalue weighted by Crippen LogP contribution is 2.26. The van der Waals surface area contributed by atoms with Gasteiger partial charge in [0.2, 0.25) is 15.9 Å².